The zero-order valence-electron chi connectivity index (χ0n) is 6.13. The Hall–Kier alpha value is -0.370. The van der Waals surface area contributed by atoms with Crippen LogP contribution in [0.15, 0.2) is 18.3 Å². The molecule has 0 spiro atoms. The fourth-order valence-electron chi connectivity index (χ4n) is 0.777. The maximum atomic E-state index is 4.19. The van der Waals surface area contributed by atoms with E-state index in [0.717, 1.165) is 5.69 Å². The van der Waals surface area contributed by atoms with Crippen molar-refractivity contribution < 1.29 is 0 Å². The van der Waals surface area contributed by atoms with E-state index in [0.29, 0.717) is 4.83 Å². The molecule has 1 unspecified atom stereocenters. The molecule has 0 saturated carbocycles. The molecule has 0 aliphatic heterocycles. The van der Waals surface area contributed by atoms with Crippen molar-refractivity contribution in [3.05, 3.63) is 29.6 Å². The first-order valence-electron chi connectivity index (χ1n) is 3.27. The molecule has 1 aromatic heterocycles. The molecule has 0 aliphatic carbocycles. The third-order valence-electron chi connectivity index (χ3n) is 1.34. The minimum Gasteiger partial charge on any atom is -0.260 e. The van der Waals surface area contributed by atoms with E-state index in [1.54, 1.807) is 0 Å². The number of hydrogen-bond donors (Lipinski definition) is 0. The molecule has 0 radical (unpaired) electrons. The van der Waals surface area contributed by atoms with Gasteiger partial charge < -0.3 is 0 Å². The van der Waals surface area contributed by atoms with Crippen LogP contribution >= 0.6 is 15.9 Å². The third kappa shape index (κ3) is 1.81. The summed E-state index contributed by atoms with van der Waals surface area (Å²) in [5, 5.41) is 0. The predicted molar refractivity (Wildman–Crippen MR) is 46.3 cm³/mol. The van der Waals surface area contributed by atoms with Crippen LogP contribution in [0.1, 0.15) is 23.0 Å². The Kier molecular flexibility index (Phi) is 2.44. The fourth-order valence-corrected chi connectivity index (χ4v) is 1.03. The number of halogens is 1. The maximum Gasteiger partial charge on any atom is 0.0540 e. The van der Waals surface area contributed by atoms with Gasteiger partial charge in [-0.1, -0.05) is 15.9 Å². The van der Waals surface area contributed by atoms with Crippen LogP contribution in [0.5, 0.6) is 0 Å². The Balaban J connectivity index is 2.96. The number of pyridine rings is 1. The topological polar surface area (TPSA) is 12.9 Å². The first-order valence-corrected chi connectivity index (χ1v) is 4.18. The number of rotatable bonds is 1. The van der Waals surface area contributed by atoms with Gasteiger partial charge in [0.15, 0.2) is 0 Å². The van der Waals surface area contributed by atoms with Crippen molar-refractivity contribution in [3.63, 3.8) is 0 Å². The molecule has 1 rings (SSSR count). The summed E-state index contributed by atoms with van der Waals surface area (Å²) in [6, 6.07) is 4.08. The van der Waals surface area contributed by atoms with Gasteiger partial charge in [0, 0.05) is 6.20 Å². The molecular formula is C8H10BrN. The molecule has 0 aliphatic rings. The van der Waals surface area contributed by atoms with Crippen LogP contribution in [-0.4, -0.2) is 4.98 Å². The van der Waals surface area contributed by atoms with Crippen LogP contribution in [0.2, 0.25) is 0 Å². The standard InChI is InChI=1S/C8H10BrN/c1-6-3-4-10-8(5-6)7(2)9/h3-5,7H,1-2H3. The quantitative estimate of drug-likeness (QED) is 0.635. The van der Waals surface area contributed by atoms with Crippen molar-refractivity contribution in [2.45, 2.75) is 18.7 Å². The smallest absolute Gasteiger partial charge is 0.0540 e. The number of hydrogen-bond acceptors (Lipinski definition) is 1. The van der Waals surface area contributed by atoms with Gasteiger partial charge in [-0.05, 0) is 31.5 Å². The van der Waals surface area contributed by atoms with Crippen LogP contribution < -0.4 is 0 Å². The van der Waals surface area contributed by atoms with Gasteiger partial charge in [0.25, 0.3) is 0 Å². The SMILES string of the molecule is Cc1ccnc(C(C)Br)c1. The summed E-state index contributed by atoms with van der Waals surface area (Å²) in [7, 11) is 0. The Morgan fingerprint density at radius 1 is 1.60 bits per heavy atom. The van der Waals surface area contributed by atoms with Crippen molar-refractivity contribution in [2.75, 3.05) is 0 Å². The average Bonchev–Trinajstić information content (AvgIpc) is 1.88. The van der Waals surface area contributed by atoms with Gasteiger partial charge in [0.1, 0.15) is 0 Å². The van der Waals surface area contributed by atoms with Crippen molar-refractivity contribution in [1.82, 2.24) is 4.98 Å². The number of aryl methyl sites for hydroxylation is 1. The van der Waals surface area contributed by atoms with Crippen molar-refractivity contribution in [3.8, 4) is 0 Å². The molecule has 0 N–H and O–H groups in total. The van der Waals surface area contributed by atoms with E-state index < -0.39 is 0 Å². The van der Waals surface area contributed by atoms with Gasteiger partial charge in [0.05, 0.1) is 10.5 Å². The monoisotopic (exact) mass is 199 g/mol. The number of alkyl halides is 1. The molecule has 1 heterocycles. The van der Waals surface area contributed by atoms with Crippen molar-refractivity contribution in [2.24, 2.45) is 0 Å². The normalized spacial score (nSPS) is 13.1. The zero-order valence-corrected chi connectivity index (χ0v) is 7.72. The summed E-state index contributed by atoms with van der Waals surface area (Å²) in [5.41, 5.74) is 2.36. The summed E-state index contributed by atoms with van der Waals surface area (Å²) in [6.45, 7) is 4.14. The fraction of sp³-hybridized carbons (Fsp3) is 0.375. The summed E-state index contributed by atoms with van der Waals surface area (Å²) in [6.07, 6.45) is 1.84. The maximum absolute atomic E-state index is 4.19. The molecule has 2 heteroatoms. The molecule has 0 bridgehead atoms. The highest BCUT2D eigenvalue weighted by atomic mass is 79.9. The first kappa shape index (κ1) is 7.73. The Bertz CT molecular complexity index is 220. The Morgan fingerprint density at radius 2 is 2.30 bits per heavy atom. The van der Waals surface area contributed by atoms with Gasteiger partial charge in [-0.3, -0.25) is 4.98 Å². The molecule has 1 atom stereocenters. The zero-order chi connectivity index (χ0) is 7.56. The largest absolute Gasteiger partial charge is 0.260 e. The van der Waals surface area contributed by atoms with E-state index in [1.165, 1.54) is 5.56 Å². The second-order valence-electron chi connectivity index (χ2n) is 2.37. The number of nitrogens with zero attached hydrogens (tertiary/aromatic N) is 1. The molecule has 10 heavy (non-hydrogen) atoms. The lowest BCUT2D eigenvalue weighted by atomic mass is 10.2. The van der Waals surface area contributed by atoms with E-state index in [-0.39, 0.29) is 0 Å². The molecule has 0 saturated heterocycles. The van der Waals surface area contributed by atoms with Crippen molar-refractivity contribution >= 4 is 15.9 Å². The summed E-state index contributed by atoms with van der Waals surface area (Å²) in [5.74, 6) is 0. The molecule has 0 amide bonds. The van der Waals surface area contributed by atoms with Crippen LogP contribution in [0.25, 0.3) is 0 Å². The van der Waals surface area contributed by atoms with Gasteiger partial charge in [-0.2, -0.15) is 0 Å². The van der Waals surface area contributed by atoms with Crippen LogP contribution in [0, 0.1) is 6.92 Å². The first-order chi connectivity index (χ1) is 4.70. The average molecular weight is 200 g/mol. The van der Waals surface area contributed by atoms with Gasteiger partial charge in [-0.25, -0.2) is 0 Å². The second kappa shape index (κ2) is 3.15. The summed E-state index contributed by atoms with van der Waals surface area (Å²) in [4.78, 5) is 4.55. The van der Waals surface area contributed by atoms with Gasteiger partial charge in [0.2, 0.25) is 0 Å². The molecule has 0 aromatic carbocycles. The summed E-state index contributed by atoms with van der Waals surface area (Å²) >= 11 is 3.45. The molecule has 1 nitrogen and oxygen atoms in total. The van der Waals surface area contributed by atoms with E-state index in [4.69, 9.17) is 0 Å². The summed E-state index contributed by atoms with van der Waals surface area (Å²) < 4.78 is 0. The van der Waals surface area contributed by atoms with Crippen LogP contribution in [0.4, 0.5) is 0 Å². The third-order valence-corrected chi connectivity index (χ3v) is 1.81. The van der Waals surface area contributed by atoms with Gasteiger partial charge in [-0.15, -0.1) is 0 Å². The van der Waals surface area contributed by atoms with E-state index in [2.05, 4.69) is 40.8 Å². The highest BCUT2D eigenvalue weighted by molar-refractivity contribution is 9.09. The van der Waals surface area contributed by atoms with E-state index in [1.807, 2.05) is 12.3 Å². The Morgan fingerprint density at radius 3 is 2.70 bits per heavy atom. The second-order valence-corrected chi connectivity index (χ2v) is 3.75. The lowest BCUT2D eigenvalue weighted by Crippen LogP contribution is -1.88. The lowest BCUT2D eigenvalue weighted by molar-refractivity contribution is 1.02. The Labute approximate surface area is 69.6 Å². The molecule has 0 fully saturated rings. The predicted octanol–water partition coefficient (Wildman–Crippen LogP) is 2.85. The molecule has 1 aromatic rings. The van der Waals surface area contributed by atoms with Gasteiger partial charge >= 0.3 is 0 Å². The van der Waals surface area contributed by atoms with E-state index >= 15 is 0 Å². The van der Waals surface area contributed by atoms with E-state index in [9.17, 15) is 0 Å². The number of aromatic nitrogens is 1. The lowest BCUT2D eigenvalue weighted by Gasteiger charge is -2.01. The minimum absolute atomic E-state index is 0.354. The van der Waals surface area contributed by atoms with Crippen molar-refractivity contribution in [1.29, 1.82) is 0 Å². The molecule has 54 valence electrons. The van der Waals surface area contributed by atoms with Crippen LogP contribution in [0.3, 0.4) is 0 Å². The molecular weight excluding hydrogens is 190 g/mol. The highest BCUT2D eigenvalue weighted by Gasteiger charge is 1.99. The minimum atomic E-state index is 0.354. The van der Waals surface area contributed by atoms with Crippen LogP contribution in [-0.2, 0) is 0 Å². The highest BCUT2D eigenvalue weighted by Crippen LogP contribution is 2.19.